The monoisotopic (exact) mass is 334 g/mol. The van der Waals surface area contributed by atoms with Gasteiger partial charge in [0.1, 0.15) is 0 Å². The molecule has 0 saturated carbocycles. The Hall–Kier alpha value is -1.11. The predicted molar refractivity (Wildman–Crippen MR) is 87.5 cm³/mol. The average Bonchev–Trinajstić information content (AvgIpc) is 2.45. The summed E-state index contributed by atoms with van der Waals surface area (Å²) in [6, 6.07) is 6.66. The molecule has 2 N–H and O–H groups in total. The number of nitrogens with zero attached hydrogens (tertiary/aromatic N) is 1. The standard InChI is InChI=1S/C14H22N2O3S.ClH/c1-4-20(18,19)10-11(2)16(3)14(17)13-7-5-12(9-15)6-8-13;/h5-8,11H,4,9-10,15H2,1-3H3;1H. The molecule has 0 heterocycles. The van der Waals surface area contributed by atoms with Crippen LogP contribution in [0.5, 0.6) is 0 Å². The first-order valence-electron chi connectivity index (χ1n) is 6.57. The van der Waals surface area contributed by atoms with Gasteiger partial charge < -0.3 is 10.6 Å². The number of hydrogen-bond acceptors (Lipinski definition) is 4. The molecule has 1 unspecified atom stereocenters. The first-order valence-corrected chi connectivity index (χ1v) is 8.39. The fourth-order valence-corrected chi connectivity index (χ4v) is 2.98. The Kier molecular flexibility index (Phi) is 7.92. The number of nitrogens with two attached hydrogens (primary N) is 1. The van der Waals surface area contributed by atoms with E-state index in [2.05, 4.69) is 0 Å². The minimum atomic E-state index is -3.10. The number of amides is 1. The SMILES string of the molecule is CCS(=O)(=O)CC(C)N(C)C(=O)c1ccc(CN)cc1.Cl. The first kappa shape index (κ1) is 19.9. The largest absolute Gasteiger partial charge is 0.338 e. The smallest absolute Gasteiger partial charge is 0.253 e. The molecule has 0 bridgehead atoms. The molecular formula is C14H23ClN2O3S. The molecule has 1 aromatic carbocycles. The van der Waals surface area contributed by atoms with Gasteiger partial charge in [-0.15, -0.1) is 12.4 Å². The maximum Gasteiger partial charge on any atom is 0.253 e. The molecule has 0 aliphatic heterocycles. The molecule has 1 atom stereocenters. The van der Waals surface area contributed by atoms with Crippen LogP contribution in [0.25, 0.3) is 0 Å². The van der Waals surface area contributed by atoms with Crippen LogP contribution in [0.3, 0.4) is 0 Å². The highest BCUT2D eigenvalue weighted by atomic mass is 35.5. The Morgan fingerprint density at radius 3 is 2.24 bits per heavy atom. The summed E-state index contributed by atoms with van der Waals surface area (Å²) in [4.78, 5) is 13.7. The number of carbonyl (C=O) groups excluding carboxylic acids is 1. The van der Waals surface area contributed by atoms with Crippen molar-refractivity contribution >= 4 is 28.2 Å². The minimum absolute atomic E-state index is 0. The lowest BCUT2D eigenvalue weighted by atomic mass is 10.1. The molecule has 5 nitrogen and oxygen atoms in total. The van der Waals surface area contributed by atoms with Crippen LogP contribution in [0, 0.1) is 0 Å². The topological polar surface area (TPSA) is 80.5 Å². The molecule has 0 saturated heterocycles. The first-order chi connectivity index (χ1) is 9.30. The molecule has 1 rings (SSSR count). The number of halogens is 1. The van der Waals surface area contributed by atoms with Crippen molar-refractivity contribution in [1.29, 1.82) is 0 Å². The molecular weight excluding hydrogens is 312 g/mol. The summed E-state index contributed by atoms with van der Waals surface area (Å²) in [5.74, 6) is -0.121. The van der Waals surface area contributed by atoms with Gasteiger partial charge in [-0.25, -0.2) is 8.42 Å². The Balaban J connectivity index is 0.00000400. The minimum Gasteiger partial charge on any atom is -0.338 e. The number of carbonyl (C=O) groups is 1. The van der Waals surface area contributed by atoms with E-state index in [1.165, 1.54) is 4.90 Å². The molecule has 0 spiro atoms. The van der Waals surface area contributed by atoms with Crippen LogP contribution in [0.4, 0.5) is 0 Å². The third-order valence-electron chi connectivity index (χ3n) is 3.35. The van der Waals surface area contributed by atoms with E-state index in [-0.39, 0.29) is 35.9 Å². The van der Waals surface area contributed by atoms with Gasteiger partial charge >= 0.3 is 0 Å². The van der Waals surface area contributed by atoms with Crippen LogP contribution in [-0.2, 0) is 16.4 Å². The lowest BCUT2D eigenvalue weighted by Gasteiger charge is -2.24. The fourth-order valence-electron chi connectivity index (χ4n) is 1.78. The number of rotatable bonds is 6. The molecule has 0 aliphatic carbocycles. The predicted octanol–water partition coefficient (Wildman–Crippen LogP) is 1.46. The van der Waals surface area contributed by atoms with Crippen molar-refractivity contribution in [1.82, 2.24) is 4.90 Å². The Bertz CT molecular complexity index is 558. The van der Waals surface area contributed by atoms with E-state index in [9.17, 15) is 13.2 Å². The van der Waals surface area contributed by atoms with Gasteiger partial charge in [0.15, 0.2) is 9.84 Å². The van der Waals surface area contributed by atoms with Gasteiger partial charge in [-0.1, -0.05) is 19.1 Å². The summed E-state index contributed by atoms with van der Waals surface area (Å²) in [5, 5.41) is 0. The van der Waals surface area contributed by atoms with Crippen molar-refractivity contribution in [3.05, 3.63) is 35.4 Å². The molecule has 0 aromatic heterocycles. The molecule has 1 aromatic rings. The van der Waals surface area contributed by atoms with Gasteiger partial charge in [-0.3, -0.25) is 4.79 Å². The normalized spacial score (nSPS) is 12.4. The average molecular weight is 335 g/mol. The van der Waals surface area contributed by atoms with Crippen molar-refractivity contribution in [2.75, 3.05) is 18.6 Å². The molecule has 21 heavy (non-hydrogen) atoms. The molecule has 0 radical (unpaired) electrons. The Labute approximate surface area is 132 Å². The van der Waals surface area contributed by atoms with Crippen LogP contribution in [0.15, 0.2) is 24.3 Å². The zero-order valence-electron chi connectivity index (χ0n) is 12.6. The highest BCUT2D eigenvalue weighted by Gasteiger charge is 2.22. The summed E-state index contributed by atoms with van der Waals surface area (Å²) >= 11 is 0. The Morgan fingerprint density at radius 1 is 1.29 bits per heavy atom. The maximum atomic E-state index is 12.3. The summed E-state index contributed by atoms with van der Waals surface area (Å²) in [6.45, 7) is 3.77. The number of hydrogen-bond donors (Lipinski definition) is 1. The molecule has 1 amide bonds. The van der Waals surface area contributed by atoms with Gasteiger partial charge in [-0.05, 0) is 24.6 Å². The second-order valence-electron chi connectivity index (χ2n) is 4.87. The van der Waals surface area contributed by atoms with E-state index in [1.54, 1.807) is 45.2 Å². The molecule has 0 fully saturated rings. The summed E-state index contributed by atoms with van der Waals surface area (Å²) in [6.07, 6.45) is 0. The van der Waals surface area contributed by atoms with Crippen molar-refractivity contribution < 1.29 is 13.2 Å². The van der Waals surface area contributed by atoms with Gasteiger partial charge in [0.05, 0.1) is 5.75 Å². The van der Waals surface area contributed by atoms with E-state index in [4.69, 9.17) is 5.73 Å². The van der Waals surface area contributed by atoms with Gasteiger partial charge in [0, 0.05) is 31.0 Å². The van der Waals surface area contributed by atoms with Crippen LogP contribution in [0.2, 0.25) is 0 Å². The van der Waals surface area contributed by atoms with Crippen LogP contribution >= 0.6 is 12.4 Å². The maximum absolute atomic E-state index is 12.3. The second kappa shape index (κ2) is 8.36. The van der Waals surface area contributed by atoms with E-state index < -0.39 is 9.84 Å². The van der Waals surface area contributed by atoms with Gasteiger partial charge in [0.2, 0.25) is 0 Å². The third kappa shape index (κ3) is 5.65. The number of sulfone groups is 1. The highest BCUT2D eigenvalue weighted by molar-refractivity contribution is 7.91. The van der Waals surface area contributed by atoms with Gasteiger partial charge in [0.25, 0.3) is 5.91 Å². The summed E-state index contributed by atoms with van der Waals surface area (Å²) in [5.41, 5.74) is 6.99. The summed E-state index contributed by atoms with van der Waals surface area (Å²) < 4.78 is 23.2. The Morgan fingerprint density at radius 2 is 1.81 bits per heavy atom. The lowest BCUT2D eigenvalue weighted by Crippen LogP contribution is -2.39. The molecule has 120 valence electrons. The van der Waals surface area contributed by atoms with E-state index >= 15 is 0 Å². The van der Waals surface area contributed by atoms with E-state index in [1.807, 2.05) is 0 Å². The quantitative estimate of drug-likeness (QED) is 0.854. The van der Waals surface area contributed by atoms with E-state index in [0.717, 1.165) is 5.56 Å². The van der Waals surface area contributed by atoms with Crippen molar-refractivity contribution in [3.63, 3.8) is 0 Å². The van der Waals surface area contributed by atoms with Crippen LogP contribution in [-0.4, -0.2) is 43.8 Å². The zero-order valence-corrected chi connectivity index (χ0v) is 14.2. The van der Waals surface area contributed by atoms with Crippen LogP contribution in [0.1, 0.15) is 29.8 Å². The number of benzene rings is 1. The fraction of sp³-hybridized carbons (Fsp3) is 0.500. The van der Waals surface area contributed by atoms with Gasteiger partial charge in [-0.2, -0.15) is 0 Å². The summed E-state index contributed by atoms with van der Waals surface area (Å²) in [7, 11) is -1.48. The molecule has 0 aliphatic rings. The zero-order chi connectivity index (χ0) is 15.3. The van der Waals surface area contributed by atoms with Crippen molar-refractivity contribution in [2.24, 2.45) is 5.73 Å². The highest BCUT2D eigenvalue weighted by Crippen LogP contribution is 2.10. The van der Waals surface area contributed by atoms with Crippen molar-refractivity contribution in [3.8, 4) is 0 Å². The van der Waals surface area contributed by atoms with Crippen molar-refractivity contribution in [2.45, 2.75) is 26.4 Å². The van der Waals surface area contributed by atoms with E-state index in [0.29, 0.717) is 12.1 Å². The second-order valence-corrected chi connectivity index (χ2v) is 7.26. The third-order valence-corrected chi connectivity index (χ3v) is 5.22. The lowest BCUT2D eigenvalue weighted by molar-refractivity contribution is 0.0757. The van der Waals surface area contributed by atoms with Crippen LogP contribution < -0.4 is 5.73 Å². The molecule has 7 heteroatoms.